The summed E-state index contributed by atoms with van der Waals surface area (Å²) in [6, 6.07) is 0.711. The quantitative estimate of drug-likeness (QED) is 0.754. The molecular weight excluding hydrogens is 212 g/mol. The van der Waals surface area contributed by atoms with Crippen molar-refractivity contribution in [2.45, 2.75) is 63.5 Å². The molecule has 1 aliphatic carbocycles. The first kappa shape index (κ1) is 11.5. The summed E-state index contributed by atoms with van der Waals surface area (Å²) in [5.41, 5.74) is 0. The number of likely N-dealkylation sites (tertiary alicyclic amines) is 1. The zero-order valence-corrected chi connectivity index (χ0v) is 10.7. The number of hydrogen-bond donors (Lipinski definition) is 1. The molecule has 3 aliphatic rings. The van der Waals surface area contributed by atoms with Gasteiger partial charge in [-0.2, -0.15) is 0 Å². The van der Waals surface area contributed by atoms with Crippen LogP contribution in [-0.2, 0) is 4.79 Å². The van der Waals surface area contributed by atoms with Gasteiger partial charge in [0, 0.05) is 12.6 Å². The van der Waals surface area contributed by atoms with Crippen LogP contribution >= 0.6 is 0 Å². The van der Waals surface area contributed by atoms with Gasteiger partial charge in [-0.05, 0) is 51.0 Å². The Morgan fingerprint density at radius 1 is 1.00 bits per heavy atom. The third kappa shape index (κ3) is 2.22. The fourth-order valence-corrected chi connectivity index (χ4v) is 3.99. The summed E-state index contributed by atoms with van der Waals surface area (Å²) in [6.45, 7) is 2.04. The van der Waals surface area contributed by atoms with Gasteiger partial charge in [0.05, 0.1) is 6.04 Å². The lowest BCUT2D eigenvalue weighted by molar-refractivity contribution is -0.139. The van der Waals surface area contributed by atoms with Crippen molar-refractivity contribution in [3.05, 3.63) is 0 Å². The molecule has 3 heteroatoms. The molecule has 2 saturated heterocycles. The summed E-state index contributed by atoms with van der Waals surface area (Å²) < 4.78 is 0. The summed E-state index contributed by atoms with van der Waals surface area (Å²) in [4.78, 5) is 14.8. The number of hydrogen-bond acceptors (Lipinski definition) is 2. The van der Waals surface area contributed by atoms with Crippen LogP contribution in [0.4, 0.5) is 0 Å². The topological polar surface area (TPSA) is 32.3 Å². The number of fused-ring (bicyclic) bond motifs is 1. The first-order valence-corrected chi connectivity index (χ1v) is 7.40. The molecule has 1 amide bonds. The minimum absolute atomic E-state index is 0.135. The van der Waals surface area contributed by atoms with Gasteiger partial charge in [-0.15, -0.1) is 0 Å². The van der Waals surface area contributed by atoms with Gasteiger partial charge in [0.2, 0.25) is 5.91 Å². The SMILES string of the molecule is O=C([C@@H]1CCCN1)N1CCC[C@H]2CCCC[C@H]21. The number of nitrogens with zero attached hydrogens (tertiary/aromatic N) is 1. The molecule has 3 fully saturated rings. The van der Waals surface area contributed by atoms with Gasteiger partial charge < -0.3 is 10.2 Å². The molecular formula is C14H24N2O. The fourth-order valence-electron chi connectivity index (χ4n) is 3.99. The maximum Gasteiger partial charge on any atom is 0.239 e. The predicted molar refractivity (Wildman–Crippen MR) is 67.7 cm³/mol. The van der Waals surface area contributed by atoms with Crippen molar-refractivity contribution in [1.29, 1.82) is 0 Å². The van der Waals surface area contributed by atoms with Gasteiger partial charge >= 0.3 is 0 Å². The molecule has 2 aliphatic heterocycles. The van der Waals surface area contributed by atoms with Gasteiger partial charge in [0.15, 0.2) is 0 Å². The van der Waals surface area contributed by atoms with Crippen LogP contribution in [-0.4, -0.2) is 36.0 Å². The Bertz CT molecular complexity index is 284. The Hall–Kier alpha value is -0.570. The molecule has 17 heavy (non-hydrogen) atoms. The molecule has 96 valence electrons. The molecule has 0 aromatic carbocycles. The van der Waals surface area contributed by atoms with Crippen LogP contribution in [0.5, 0.6) is 0 Å². The molecule has 2 heterocycles. The van der Waals surface area contributed by atoms with Gasteiger partial charge in [-0.3, -0.25) is 4.79 Å². The summed E-state index contributed by atoms with van der Waals surface area (Å²) >= 11 is 0. The van der Waals surface area contributed by atoms with Gasteiger partial charge in [-0.1, -0.05) is 12.8 Å². The largest absolute Gasteiger partial charge is 0.338 e. The van der Waals surface area contributed by atoms with Crippen LogP contribution in [0.1, 0.15) is 51.4 Å². The van der Waals surface area contributed by atoms with Gasteiger partial charge in [-0.25, -0.2) is 0 Å². The number of nitrogens with one attached hydrogen (secondary N) is 1. The average Bonchev–Trinajstić information content (AvgIpc) is 2.91. The Morgan fingerprint density at radius 3 is 2.65 bits per heavy atom. The lowest BCUT2D eigenvalue weighted by atomic mass is 9.78. The summed E-state index contributed by atoms with van der Waals surface area (Å²) in [5, 5.41) is 3.36. The molecule has 0 spiro atoms. The maximum atomic E-state index is 12.5. The molecule has 0 bridgehead atoms. The highest BCUT2D eigenvalue weighted by Crippen LogP contribution is 2.35. The van der Waals surface area contributed by atoms with Crippen LogP contribution in [0.2, 0.25) is 0 Å². The zero-order valence-electron chi connectivity index (χ0n) is 10.7. The molecule has 1 saturated carbocycles. The predicted octanol–water partition coefficient (Wildman–Crippen LogP) is 1.92. The van der Waals surface area contributed by atoms with Crippen LogP contribution < -0.4 is 5.32 Å². The van der Waals surface area contributed by atoms with Crippen molar-refractivity contribution < 1.29 is 4.79 Å². The van der Waals surface area contributed by atoms with Crippen LogP contribution in [0, 0.1) is 5.92 Å². The minimum Gasteiger partial charge on any atom is -0.338 e. The third-order valence-electron chi connectivity index (χ3n) is 4.88. The highest BCUT2D eigenvalue weighted by Gasteiger charge is 2.38. The van der Waals surface area contributed by atoms with Crippen LogP contribution in [0.15, 0.2) is 0 Å². The summed E-state index contributed by atoms with van der Waals surface area (Å²) in [5.74, 6) is 1.21. The van der Waals surface area contributed by atoms with Crippen molar-refractivity contribution in [1.82, 2.24) is 10.2 Å². The normalized spacial score (nSPS) is 37.9. The van der Waals surface area contributed by atoms with E-state index >= 15 is 0 Å². The molecule has 3 rings (SSSR count). The van der Waals surface area contributed by atoms with E-state index in [4.69, 9.17) is 0 Å². The minimum atomic E-state index is 0.135. The Labute approximate surface area is 104 Å². The van der Waals surface area contributed by atoms with Gasteiger partial charge in [0.1, 0.15) is 0 Å². The first-order valence-electron chi connectivity index (χ1n) is 7.40. The monoisotopic (exact) mass is 236 g/mol. The van der Waals surface area contributed by atoms with E-state index in [2.05, 4.69) is 10.2 Å². The highest BCUT2D eigenvalue weighted by atomic mass is 16.2. The number of rotatable bonds is 1. The molecule has 0 aromatic heterocycles. The van der Waals surface area contributed by atoms with Crippen LogP contribution in [0.25, 0.3) is 0 Å². The molecule has 3 nitrogen and oxygen atoms in total. The second-order valence-electron chi connectivity index (χ2n) is 5.93. The van der Waals surface area contributed by atoms with Crippen molar-refractivity contribution in [3.63, 3.8) is 0 Å². The fraction of sp³-hybridized carbons (Fsp3) is 0.929. The molecule has 0 aromatic rings. The van der Waals surface area contributed by atoms with Crippen molar-refractivity contribution in [2.75, 3.05) is 13.1 Å². The van der Waals surface area contributed by atoms with Crippen molar-refractivity contribution >= 4 is 5.91 Å². The number of piperidine rings is 1. The second kappa shape index (κ2) is 4.97. The Morgan fingerprint density at radius 2 is 1.82 bits per heavy atom. The number of carbonyl (C=O) groups excluding carboxylic acids is 1. The van der Waals surface area contributed by atoms with Crippen molar-refractivity contribution in [2.24, 2.45) is 5.92 Å². The molecule has 1 N–H and O–H groups in total. The second-order valence-corrected chi connectivity index (χ2v) is 5.93. The van der Waals surface area contributed by atoms with Crippen LogP contribution in [0.3, 0.4) is 0 Å². The van der Waals surface area contributed by atoms with Gasteiger partial charge in [0.25, 0.3) is 0 Å². The lowest BCUT2D eigenvalue weighted by Gasteiger charge is -2.45. The first-order chi connectivity index (χ1) is 8.36. The van der Waals surface area contributed by atoms with E-state index in [0.29, 0.717) is 11.9 Å². The molecule has 3 atom stereocenters. The van der Waals surface area contributed by atoms with Crippen molar-refractivity contribution in [3.8, 4) is 0 Å². The Balaban J connectivity index is 1.69. The van der Waals surface area contributed by atoms with E-state index in [1.165, 1.54) is 44.9 Å². The smallest absolute Gasteiger partial charge is 0.239 e. The Kier molecular flexibility index (Phi) is 3.37. The zero-order chi connectivity index (χ0) is 11.7. The lowest BCUT2D eigenvalue weighted by Crippen LogP contribution is -2.54. The maximum absolute atomic E-state index is 12.5. The number of carbonyl (C=O) groups is 1. The van der Waals surface area contributed by atoms with E-state index in [9.17, 15) is 4.79 Å². The van der Waals surface area contributed by atoms with E-state index in [1.807, 2.05) is 0 Å². The average molecular weight is 236 g/mol. The standard InChI is InChI=1S/C14H24N2O/c17-14(12-7-3-9-15-12)16-10-4-6-11-5-1-2-8-13(11)16/h11-13,15H,1-10H2/t11-,12+,13-/m1/s1. The summed E-state index contributed by atoms with van der Waals surface area (Å²) in [6.07, 6.45) is 10.1. The van der Waals surface area contributed by atoms with E-state index < -0.39 is 0 Å². The third-order valence-corrected chi connectivity index (χ3v) is 4.88. The van der Waals surface area contributed by atoms with E-state index in [0.717, 1.165) is 25.4 Å². The summed E-state index contributed by atoms with van der Waals surface area (Å²) in [7, 11) is 0. The molecule has 0 radical (unpaired) electrons. The van der Waals surface area contributed by atoms with E-state index in [-0.39, 0.29) is 6.04 Å². The van der Waals surface area contributed by atoms with E-state index in [1.54, 1.807) is 0 Å². The highest BCUT2D eigenvalue weighted by molar-refractivity contribution is 5.82. The molecule has 0 unspecified atom stereocenters. The number of amides is 1.